The predicted octanol–water partition coefficient (Wildman–Crippen LogP) is 4.07. The van der Waals surface area contributed by atoms with Gasteiger partial charge in [-0.25, -0.2) is 0 Å². The monoisotopic (exact) mass is 286 g/mol. The van der Waals surface area contributed by atoms with Gasteiger partial charge in [0, 0.05) is 10.6 Å². The number of hydrogen-bond donors (Lipinski definition) is 1. The summed E-state index contributed by atoms with van der Waals surface area (Å²) in [7, 11) is 0. The normalized spacial score (nSPS) is 10.7. The van der Waals surface area contributed by atoms with Crippen molar-refractivity contribution in [1.29, 1.82) is 0 Å². The van der Waals surface area contributed by atoms with Gasteiger partial charge >= 0.3 is 0 Å². The van der Waals surface area contributed by atoms with E-state index in [1.807, 2.05) is 31.2 Å². The highest BCUT2D eigenvalue weighted by molar-refractivity contribution is 6.30. The van der Waals surface area contributed by atoms with E-state index in [0.29, 0.717) is 16.4 Å². The minimum Gasteiger partial charge on any atom is -0.507 e. The Bertz CT molecular complexity index is 751. The highest BCUT2D eigenvalue weighted by Crippen LogP contribution is 2.31. The van der Waals surface area contributed by atoms with Crippen molar-refractivity contribution in [3.63, 3.8) is 0 Å². The molecule has 0 aliphatic heterocycles. The van der Waals surface area contributed by atoms with E-state index in [2.05, 4.69) is 10.1 Å². The second-order valence-corrected chi connectivity index (χ2v) is 4.89. The fourth-order valence-electron chi connectivity index (χ4n) is 1.83. The van der Waals surface area contributed by atoms with Crippen molar-refractivity contribution in [2.75, 3.05) is 0 Å². The summed E-state index contributed by atoms with van der Waals surface area (Å²) < 4.78 is 5.19. The Morgan fingerprint density at radius 1 is 1.10 bits per heavy atom. The van der Waals surface area contributed by atoms with Crippen LogP contribution in [0.25, 0.3) is 22.8 Å². The molecule has 1 heterocycles. The first-order valence-corrected chi connectivity index (χ1v) is 6.41. The summed E-state index contributed by atoms with van der Waals surface area (Å²) in [5.74, 6) is 0.758. The molecule has 0 unspecified atom stereocenters. The van der Waals surface area contributed by atoms with Crippen LogP contribution in [0, 0.1) is 6.92 Å². The number of rotatable bonds is 2. The second kappa shape index (κ2) is 4.98. The summed E-state index contributed by atoms with van der Waals surface area (Å²) in [4.78, 5) is 4.29. The van der Waals surface area contributed by atoms with Gasteiger partial charge in [0.1, 0.15) is 5.75 Å². The molecule has 0 fully saturated rings. The molecule has 20 heavy (non-hydrogen) atoms. The van der Waals surface area contributed by atoms with E-state index in [4.69, 9.17) is 16.1 Å². The molecule has 0 atom stereocenters. The Labute approximate surface area is 120 Å². The average Bonchev–Trinajstić information content (AvgIpc) is 2.92. The molecule has 0 aliphatic carbocycles. The number of phenolic OH excluding ortho intramolecular Hbond substituents is 1. The van der Waals surface area contributed by atoms with Gasteiger partial charge in [-0.05, 0) is 25.1 Å². The lowest BCUT2D eigenvalue weighted by Gasteiger charge is -1.99. The minimum absolute atomic E-state index is 0.0495. The SMILES string of the molecule is Cc1ccc(-c2noc(-c3cc(Cl)ccc3O)n2)cc1. The van der Waals surface area contributed by atoms with Gasteiger partial charge in [0.15, 0.2) is 0 Å². The van der Waals surface area contributed by atoms with E-state index in [-0.39, 0.29) is 11.6 Å². The molecule has 5 heteroatoms. The van der Waals surface area contributed by atoms with Gasteiger partial charge in [-0.1, -0.05) is 46.6 Å². The largest absolute Gasteiger partial charge is 0.507 e. The van der Waals surface area contributed by atoms with E-state index in [0.717, 1.165) is 11.1 Å². The molecule has 3 rings (SSSR count). The van der Waals surface area contributed by atoms with E-state index in [9.17, 15) is 5.11 Å². The van der Waals surface area contributed by atoms with E-state index in [1.54, 1.807) is 12.1 Å². The number of aromatic hydroxyl groups is 1. The van der Waals surface area contributed by atoms with Crippen molar-refractivity contribution >= 4 is 11.6 Å². The zero-order valence-corrected chi connectivity index (χ0v) is 11.4. The highest BCUT2D eigenvalue weighted by Gasteiger charge is 2.14. The van der Waals surface area contributed by atoms with Crippen LogP contribution >= 0.6 is 11.6 Å². The number of benzene rings is 2. The Balaban J connectivity index is 2.01. The maximum atomic E-state index is 9.82. The fraction of sp³-hybridized carbons (Fsp3) is 0.0667. The van der Waals surface area contributed by atoms with Crippen molar-refractivity contribution in [2.45, 2.75) is 6.92 Å². The van der Waals surface area contributed by atoms with Gasteiger partial charge in [-0.15, -0.1) is 0 Å². The third-order valence-corrected chi connectivity index (χ3v) is 3.16. The van der Waals surface area contributed by atoms with Crippen molar-refractivity contribution in [2.24, 2.45) is 0 Å². The van der Waals surface area contributed by atoms with Crippen LogP contribution < -0.4 is 0 Å². The first kappa shape index (κ1) is 12.7. The maximum absolute atomic E-state index is 9.82. The fourth-order valence-corrected chi connectivity index (χ4v) is 2.00. The minimum atomic E-state index is 0.0495. The molecule has 2 aromatic carbocycles. The molecule has 0 spiro atoms. The Morgan fingerprint density at radius 2 is 1.85 bits per heavy atom. The standard InChI is InChI=1S/C15H11ClN2O2/c1-9-2-4-10(5-3-9)14-17-15(20-18-14)12-8-11(16)6-7-13(12)19/h2-8,19H,1H3. The lowest BCUT2D eigenvalue weighted by molar-refractivity contribution is 0.426. The first-order valence-electron chi connectivity index (χ1n) is 6.03. The molecule has 4 nitrogen and oxygen atoms in total. The zero-order chi connectivity index (χ0) is 14.1. The van der Waals surface area contributed by atoms with Crippen LogP contribution in [0.4, 0.5) is 0 Å². The van der Waals surface area contributed by atoms with Gasteiger partial charge in [-0.2, -0.15) is 4.98 Å². The van der Waals surface area contributed by atoms with E-state index in [1.165, 1.54) is 6.07 Å². The molecular formula is C15H11ClN2O2. The van der Waals surface area contributed by atoms with Gasteiger partial charge in [0.2, 0.25) is 5.82 Å². The summed E-state index contributed by atoms with van der Waals surface area (Å²) in [5, 5.41) is 14.2. The molecule has 0 saturated heterocycles. The Hall–Kier alpha value is -2.33. The summed E-state index contributed by atoms with van der Waals surface area (Å²) >= 11 is 5.91. The number of nitrogens with zero attached hydrogens (tertiary/aromatic N) is 2. The van der Waals surface area contributed by atoms with Crippen LogP contribution in [0.5, 0.6) is 5.75 Å². The van der Waals surface area contributed by atoms with Crippen molar-refractivity contribution in [3.8, 4) is 28.6 Å². The molecule has 0 aliphatic rings. The second-order valence-electron chi connectivity index (χ2n) is 4.45. The summed E-state index contributed by atoms with van der Waals surface area (Å²) in [6, 6.07) is 12.5. The third kappa shape index (κ3) is 2.38. The molecule has 3 aromatic rings. The lowest BCUT2D eigenvalue weighted by atomic mass is 10.1. The van der Waals surface area contributed by atoms with Crippen LogP contribution in [0.2, 0.25) is 5.02 Å². The summed E-state index contributed by atoms with van der Waals surface area (Å²) in [6.45, 7) is 2.01. The van der Waals surface area contributed by atoms with Gasteiger partial charge in [0.25, 0.3) is 5.89 Å². The average molecular weight is 287 g/mol. The Kier molecular flexibility index (Phi) is 3.16. The molecule has 100 valence electrons. The van der Waals surface area contributed by atoms with Crippen LogP contribution in [0.1, 0.15) is 5.56 Å². The number of aromatic nitrogens is 2. The smallest absolute Gasteiger partial charge is 0.262 e. The number of phenols is 1. The third-order valence-electron chi connectivity index (χ3n) is 2.92. The molecule has 1 aromatic heterocycles. The number of aryl methyl sites for hydroxylation is 1. The first-order chi connectivity index (χ1) is 9.63. The molecule has 0 amide bonds. The zero-order valence-electron chi connectivity index (χ0n) is 10.7. The predicted molar refractivity (Wildman–Crippen MR) is 76.6 cm³/mol. The maximum Gasteiger partial charge on any atom is 0.262 e. The van der Waals surface area contributed by atoms with Crippen molar-refractivity contribution in [1.82, 2.24) is 10.1 Å². The van der Waals surface area contributed by atoms with Crippen molar-refractivity contribution < 1.29 is 9.63 Å². The number of hydrogen-bond acceptors (Lipinski definition) is 4. The van der Waals surface area contributed by atoms with Crippen LogP contribution in [-0.4, -0.2) is 15.2 Å². The van der Waals surface area contributed by atoms with Crippen molar-refractivity contribution in [3.05, 3.63) is 53.1 Å². The molecular weight excluding hydrogens is 276 g/mol. The topological polar surface area (TPSA) is 59.2 Å². The molecule has 0 saturated carbocycles. The summed E-state index contributed by atoms with van der Waals surface area (Å²) in [5.41, 5.74) is 2.43. The van der Waals surface area contributed by atoms with Crippen LogP contribution in [-0.2, 0) is 0 Å². The Morgan fingerprint density at radius 3 is 2.60 bits per heavy atom. The lowest BCUT2D eigenvalue weighted by Crippen LogP contribution is -1.82. The van der Waals surface area contributed by atoms with Gasteiger partial charge in [0.05, 0.1) is 5.56 Å². The summed E-state index contributed by atoms with van der Waals surface area (Å²) in [6.07, 6.45) is 0. The van der Waals surface area contributed by atoms with Gasteiger partial charge < -0.3 is 9.63 Å². The number of halogens is 1. The van der Waals surface area contributed by atoms with Crippen LogP contribution in [0.15, 0.2) is 47.0 Å². The van der Waals surface area contributed by atoms with Crippen LogP contribution in [0.3, 0.4) is 0 Å². The van der Waals surface area contributed by atoms with Gasteiger partial charge in [-0.3, -0.25) is 0 Å². The highest BCUT2D eigenvalue weighted by atomic mass is 35.5. The van der Waals surface area contributed by atoms with E-state index < -0.39 is 0 Å². The molecule has 1 N–H and O–H groups in total. The molecule has 0 radical (unpaired) electrons. The quantitative estimate of drug-likeness (QED) is 0.771. The van der Waals surface area contributed by atoms with E-state index >= 15 is 0 Å². The molecule has 0 bridgehead atoms.